The number of carbonyl (C=O) groups is 2. The molecule has 0 spiro atoms. The van der Waals surface area contributed by atoms with Gasteiger partial charge in [0.15, 0.2) is 0 Å². The van der Waals surface area contributed by atoms with E-state index < -0.39 is 5.97 Å². The second-order valence-corrected chi connectivity index (χ2v) is 12.4. The molecule has 3 aromatic rings. The Morgan fingerprint density at radius 2 is 1.45 bits per heavy atom. The maximum atomic E-state index is 13.6. The summed E-state index contributed by atoms with van der Waals surface area (Å²) in [6.45, 7) is 4.26. The van der Waals surface area contributed by atoms with Crippen LogP contribution in [0.1, 0.15) is 92.0 Å². The molecule has 0 radical (unpaired) electrons. The number of benzene rings is 3. The number of hydrogen-bond donors (Lipinski definition) is 1. The molecule has 0 heterocycles. The van der Waals surface area contributed by atoms with Gasteiger partial charge in [-0.1, -0.05) is 79.2 Å². The molecular formula is C37H44O3. The summed E-state index contributed by atoms with van der Waals surface area (Å²) in [6, 6.07) is 24.6. The Labute approximate surface area is 240 Å². The fourth-order valence-electron chi connectivity index (χ4n) is 7.05. The zero-order valence-electron chi connectivity index (χ0n) is 24.2. The second-order valence-electron chi connectivity index (χ2n) is 12.4. The maximum absolute atomic E-state index is 13.6. The molecule has 2 atom stereocenters. The predicted octanol–water partition coefficient (Wildman–Crippen LogP) is 8.74. The Hall–Kier alpha value is -3.20. The Balaban J connectivity index is 1.20. The SMILES string of the molecule is CCC(Cc1ccc(C)cc1)C(=O)C1CCc2ccc(-c3ccc(C4CCC(CC(=O)O)CC4)cc3)cc2CC1. The van der Waals surface area contributed by atoms with Crippen molar-refractivity contribution < 1.29 is 14.7 Å². The van der Waals surface area contributed by atoms with Crippen molar-refractivity contribution in [1.29, 1.82) is 0 Å². The zero-order valence-corrected chi connectivity index (χ0v) is 24.2. The van der Waals surface area contributed by atoms with E-state index in [9.17, 15) is 9.59 Å². The van der Waals surface area contributed by atoms with E-state index in [0.29, 0.717) is 24.0 Å². The van der Waals surface area contributed by atoms with Crippen LogP contribution in [0, 0.1) is 24.7 Å². The summed E-state index contributed by atoms with van der Waals surface area (Å²) in [5, 5.41) is 9.09. The largest absolute Gasteiger partial charge is 0.481 e. The molecule has 5 rings (SSSR count). The average molecular weight is 537 g/mol. The highest BCUT2D eigenvalue weighted by Crippen LogP contribution is 2.38. The summed E-state index contributed by atoms with van der Waals surface area (Å²) in [5.41, 5.74) is 9.21. The van der Waals surface area contributed by atoms with Crippen LogP contribution in [0.2, 0.25) is 0 Å². The van der Waals surface area contributed by atoms with Crippen LogP contribution in [0.3, 0.4) is 0 Å². The Morgan fingerprint density at radius 1 is 0.800 bits per heavy atom. The van der Waals surface area contributed by atoms with Crippen LogP contribution in [0.5, 0.6) is 0 Å². The molecule has 2 aliphatic carbocycles. The van der Waals surface area contributed by atoms with Gasteiger partial charge in [-0.05, 0) is 116 Å². The first kappa shape index (κ1) is 28.3. The predicted molar refractivity (Wildman–Crippen MR) is 163 cm³/mol. The minimum absolute atomic E-state index is 0.107. The van der Waals surface area contributed by atoms with Crippen molar-refractivity contribution in [3.8, 4) is 11.1 Å². The molecule has 0 saturated heterocycles. The van der Waals surface area contributed by atoms with Crippen LogP contribution in [-0.2, 0) is 28.9 Å². The lowest BCUT2D eigenvalue weighted by Crippen LogP contribution is -2.25. The summed E-state index contributed by atoms with van der Waals surface area (Å²) in [4.78, 5) is 24.6. The summed E-state index contributed by atoms with van der Waals surface area (Å²) < 4.78 is 0. The molecule has 1 saturated carbocycles. The number of carboxylic acids is 1. The molecule has 2 aliphatic rings. The molecule has 0 bridgehead atoms. The molecule has 2 unspecified atom stereocenters. The van der Waals surface area contributed by atoms with Crippen molar-refractivity contribution >= 4 is 11.8 Å². The third kappa shape index (κ3) is 6.92. The number of hydrogen-bond acceptors (Lipinski definition) is 2. The molecule has 0 amide bonds. The average Bonchev–Trinajstić information content (AvgIpc) is 3.19. The van der Waals surface area contributed by atoms with Gasteiger partial charge < -0.3 is 5.11 Å². The van der Waals surface area contributed by atoms with Crippen molar-refractivity contribution in [1.82, 2.24) is 0 Å². The van der Waals surface area contributed by atoms with Gasteiger partial charge in [-0.3, -0.25) is 9.59 Å². The van der Waals surface area contributed by atoms with Crippen LogP contribution >= 0.6 is 0 Å². The van der Waals surface area contributed by atoms with Gasteiger partial charge in [0.1, 0.15) is 5.78 Å². The van der Waals surface area contributed by atoms with Crippen LogP contribution in [-0.4, -0.2) is 16.9 Å². The van der Waals surface area contributed by atoms with Gasteiger partial charge in [0.05, 0.1) is 0 Å². The van der Waals surface area contributed by atoms with E-state index in [0.717, 1.165) is 64.2 Å². The van der Waals surface area contributed by atoms with Gasteiger partial charge >= 0.3 is 5.97 Å². The van der Waals surface area contributed by atoms with E-state index in [1.54, 1.807) is 0 Å². The molecule has 0 aliphatic heterocycles. The molecule has 210 valence electrons. The Morgan fingerprint density at radius 3 is 2.10 bits per heavy atom. The van der Waals surface area contributed by atoms with Gasteiger partial charge in [0, 0.05) is 18.3 Å². The maximum Gasteiger partial charge on any atom is 0.303 e. The topological polar surface area (TPSA) is 54.4 Å². The number of rotatable bonds is 9. The minimum atomic E-state index is -0.668. The fourth-order valence-corrected chi connectivity index (χ4v) is 7.05. The molecular weight excluding hydrogens is 492 g/mol. The number of carboxylic acid groups (broad SMARTS) is 1. The highest BCUT2D eigenvalue weighted by molar-refractivity contribution is 5.84. The minimum Gasteiger partial charge on any atom is -0.481 e. The van der Waals surface area contributed by atoms with E-state index in [2.05, 4.69) is 80.6 Å². The lowest BCUT2D eigenvalue weighted by atomic mass is 9.77. The molecule has 3 heteroatoms. The monoisotopic (exact) mass is 536 g/mol. The normalized spacial score (nSPS) is 21.7. The summed E-state index contributed by atoms with van der Waals surface area (Å²) in [5.74, 6) is 0.927. The van der Waals surface area contributed by atoms with Gasteiger partial charge in [-0.15, -0.1) is 0 Å². The van der Waals surface area contributed by atoms with Gasteiger partial charge in [-0.25, -0.2) is 0 Å². The first-order chi connectivity index (χ1) is 19.4. The van der Waals surface area contributed by atoms with Crippen LogP contribution in [0.4, 0.5) is 0 Å². The molecule has 0 aromatic heterocycles. The summed E-state index contributed by atoms with van der Waals surface area (Å²) in [7, 11) is 0. The van der Waals surface area contributed by atoms with Crippen molar-refractivity contribution in [2.24, 2.45) is 17.8 Å². The standard InChI is InChI=1S/C37H44O3/c1-3-28(22-26-6-4-25(2)5-7-26)37(40)33-18-16-32-17-20-34(24-35(32)21-19-33)31-14-12-30(13-15-31)29-10-8-27(9-11-29)23-36(38)39/h4-7,12-15,17,20,24,27-29,33H,3,8-11,16,18-19,21-23H2,1-2H3,(H,38,39). The lowest BCUT2D eigenvalue weighted by Gasteiger charge is -2.28. The van der Waals surface area contributed by atoms with E-state index in [-0.39, 0.29) is 11.8 Å². The van der Waals surface area contributed by atoms with Gasteiger partial charge in [0.2, 0.25) is 0 Å². The molecule has 3 nitrogen and oxygen atoms in total. The number of carbonyl (C=O) groups excluding carboxylic acids is 1. The number of aliphatic carboxylic acids is 1. The van der Waals surface area contributed by atoms with Crippen molar-refractivity contribution in [2.45, 2.75) is 90.4 Å². The van der Waals surface area contributed by atoms with E-state index in [4.69, 9.17) is 5.11 Å². The second kappa shape index (κ2) is 13.0. The number of ketones is 1. The van der Waals surface area contributed by atoms with E-state index in [1.807, 2.05) is 0 Å². The fraction of sp³-hybridized carbons (Fsp3) is 0.459. The van der Waals surface area contributed by atoms with Crippen LogP contribution in [0.15, 0.2) is 66.7 Å². The first-order valence-corrected chi connectivity index (χ1v) is 15.4. The molecule has 40 heavy (non-hydrogen) atoms. The molecule has 1 fully saturated rings. The zero-order chi connectivity index (χ0) is 28.1. The van der Waals surface area contributed by atoms with Crippen LogP contribution in [0.25, 0.3) is 11.1 Å². The summed E-state index contributed by atoms with van der Waals surface area (Å²) in [6.07, 6.45) is 10.1. The van der Waals surface area contributed by atoms with Crippen molar-refractivity contribution in [3.05, 3.63) is 94.5 Å². The van der Waals surface area contributed by atoms with Crippen molar-refractivity contribution in [3.63, 3.8) is 0 Å². The smallest absolute Gasteiger partial charge is 0.303 e. The van der Waals surface area contributed by atoms with E-state index in [1.165, 1.54) is 38.9 Å². The third-order valence-electron chi connectivity index (χ3n) is 9.66. The lowest BCUT2D eigenvalue weighted by molar-refractivity contribution is -0.138. The molecule has 3 aromatic carbocycles. The highest BCUT2D eigenvalue weighted by atomic mass is 16.4. The van der Waals surface area contributed by atoms with Gasteiger partial charge in [-0.2, -0.15) is 0 Å². The Kier molecular flexibility index (Phi) is 9.19. The first-order valence-electron chi connectivity index (χ1n) is 15.4. The Bertz CT molecular complexity index is 1300. The highest BCUT2D eigenvalue weighted by Gasteiger charge is 2.28. The van der Waals surface area contributed by atoms with Crippen molar-refractivity contribution in [2.75, 3.05) is 0 Å². The van der Waals surface area contributed by atoms with Gasteiger partial charge in [0.25, 0.3) is 0 Å². The number of aryl methyl sites for hydroxylation is 3. The quantitative estimate of drug-likeness (QED) is 0.278. The number of Topliss-reactive ketones (excluding diaryl/α,β-unsaturated/α-hetero) is 1. The molecule has 1 N–H and O–H groups in total. The summed E-state index contributed by atoms with van der Waals surface area (Å²) >= 11 is 0. The van der Waals surface area contributed by atoms with Crippen LogP contribution < -0.4 is 0 Å². The third-order valence-corrected chi connectivity index (χ3v) is 9.66. The number of fused-ring (bicyclic) bond motifs is 1. The van der Waals surface area contributed by atoms with E-state index >= 15 is 0 Å².